The Labute approximate surface area is 228 Å². The van der Waals surface area contributed by atoms with Gasteiger partial charge in [0, 0.05) is 44.8 Å². The van der Waals surface area contributed by atoms with Crippen LogP contribution >= 0.6 is 0 Å². The minimum Gasteiger partial charge on any atom is -0.306 e. The first-order valence-corrected chi connectivity index (χ1v) is 13.7. The van der Waals surface area contributed by atoms with Gasteiger partial charge in [0.25, 0.3) is 0 Å². The Balaban J connectivity index is 1.09. The van der Waals surface area contributed by atoms with Gasteiger partial charge in [0.05, 0.1) is 11.0 Å². The topological polar surface area (TPSA) is 44.3 Å². The van der Waals surface area contributed by atoms with Crippen molar-refractivity contribution in [2.24, 2.45) is 0 Å². The lowest BCUT2D eigenvalue weighted by atomic mass is 9.91. The van der Waals surface area contributed by atoms with Gasteiger partial charge in [-0.25, -0.2) is 9.18 Å². The summed E-state index contributed by atoms with van der Waals surface area (Å²) in [5.41, 5.74) is 6.86. The number of rotatable bonds is 8. The summed E-state index contributed by atoms with van der Waals surface area (Å²) in [7, 11) is 0. The van der Waals surface area contributed by atoms with E-state index in [2.05, 4.69) is 45.1 Å². The Kier molecular flexibility index (Phi) is 7.39. The van der Waals surface area contributed by atoms with Crippen LogP contribution in [-0.4, -0.2) is 52.1 Å². The smallest absolute Gasteiger partial charge is 0.306 e. The van der Waals surface area contributed by atoms with E-state index >= 15 is 0 Å². The van der Waals surface area contributed by atoms with Gasteiger partial charge in [-0.3, -0.25) is 9.47 Å². The number of fused-ring (bicyclic) bond motifs is 1. The van der Waals surface area contributed by atoms with Crippen LogP contribution in [0.3, 0.4) is 0 Å². The number of halogens is 1. The highest BCUT2D eigenvalue weighted by Crippen LogP contribution is 2.35. The van der Waals surface area contributed by atoms with E-state index in [1.807, 2.05) is 59.2 Å². The summed E-state index contributed by atoms with van der Waals surface area (Å²) in [4.78, 5) is 20.3. The molecule has 2 heterocycles. The molecule has 1 saturated heterocycles. The Hall–Kier alpha value is -4.00. The second kappa shape index (κ2) is 11.4. The summed E-state index contributed by atoms with van der Waals surface area (Å²) in [6.07, 6.45) is 0.942. The van der Waals surface area contributed by atoms with Crippen molar-refractivity contribution in [3.63, 3.8) is 0 Å². The quantitative estimate of drug-likeness (QED) is 0.273. The number of nitrogens with one attached hydrogen (secondary N) is 1. The standard InChI is InChI=1S/C33H33FN4O/c34-30-15-6-5-14-29(30)28-13-4-3-12-27(28)26-11-2-1-10-25(26)24-37-22-20-36(21-23-37)18-9-19-38-32-17-8-7-16-31(32)35-33(38)39/h1-8,10-17H,9,18-24H2,(H,35,39). The fourth-order valence-corrected chi connectivity index (χ4v) is 5.75. The summed E-state index contributed by atoms with van der Waals surface area (Å²) in [6, 6.07) is 31.5. The summed E-state index contributed by atoms with van der Waals surface area (Å²) in [5, 5.41) is 0. The highest BCUT2D eigenvalue weighted by molar-refractivity contribution is 5.85. The molecular formula is C33H33FN4O. The van der Waals surface area contributed by atoms with Gasteiger partial charge < -0.3 is 9.88 Å². The zero-order chi connectivity index (χ0) is 26.6. The second-order valence-corrected chi connectivity index (χ2v) is 10.3. The number of H-pyrrole nitrogens is 1. The molecule has 1 aliphatic heterocycles. The van der Waals surface area contributed by atoms with E-state index in [0.29, 0.717) is 5.56 Å². The van der Waals surface area contributed by atoms with Gasteiger partial charge in [-0.05, 0) is 53.4 Å². The van der Waals surface area contributed by atoms with Crippen LogP contribution in [0.5, 0.6) is 0 Å². The molecule has 6 rings (SSSR count). The molecule has 1 aromatic heterocycles. The molecule has 0 atom stereocenters. The number of nitrogens with zero attached hydrogens (tertiary/aromatic N) is 3. The van der Waals surface area contributed by atoms with Crippen LogP contribution in [-0.2, 0) is 13.1 Å². The molecule has 0 unspecified atom stereocenters. The van der Waals surface area contributed by atoms with Gasteiger partial charge >= 0.3 is 5.69 Å². The van der Waals surface area contributed by atoms with Crippen molar-refractivity contribution in [3.8, 4) is 22.3 Å². The maximum atomic E-state index is 14.7. The monoisotopic (exact) mass is 520 g/mol. The third-order valence-electron chi connectivity index (χ3n) is 7.80. The average molecular weight is 521 g/mol. The Morgan fingerprint density at radius 2 is 1.23 bits per heavy atom. The molecule has 198 valence electrons. The zero-order valence-electron chi connectivity index (χ0n) is 22.0. The molecule has 6 heteroatoms. The van der Waals surface area contributed by atoms with Crippen molar-refractivity contribution in [1.82, 2.24) is 19.4 Å². The highest BCUT2D eigenvalue weighted by Gasteiger charge is 2.19. The Morgan fingerprint density at radius 3 is 2.00 bits per heavy atom. The molecule has 0 amide bonds. The lowest BCUT2D eigenvalue weighted by Crippen LogP contribution is -2.46. The highest BCUT2D eigenvalue weighted by atomic mass is 19.1. The molecule has 0 aliphatic carbocycles. The molecule has 5 aromatic rings. The second-order valence-electron chi connectivity index (χ2n) is 10.3. The van der Waals surface area contributed by atoms with Crippen LogP contribution in [0.2, 0.25) is 0 Å². The van der Waals surface area contributed by atoms with Crippen LogP contribution in [0.25, 0.3) is 33.3 Å². The predicted octanol–water partition coefficient (Wildman–Crippen LogP) is 6.01. The number of hydrogen-bond acceptors (Lipinski definition) is 3. The van der Waals surface area contributed by atoms with E-state index in [9.17, 15) is 9.18 Å². The average Bonchev–Trinajstić information content (AvgIpc) is 3.29. The lowest BCUT2D eigenvalue weighted by Gasteiger charge is -2.35. The summed E-state index contributed by atoms with van der Waals surface area (Å²) in [6.45, 7) is 6.57. The van der Waals surface area contributed by atoms with Gasteiger partial charge in [-0.1, -0.05) is 78.9 Å². The molecule has 0 saturated carbocycles. The number of aromatic nitrogens is 2. The van der Waals surface area contributed by atoms with E-state index < -0.39 is 0 Å². The molecule has 39 heavy (non-hydrogen) atoms. The first kappa shape index (κ1) is 25.3. The van der Waals surface area contributed by atoms with Crippen LogP contribution in [0.15, 0.2) is 102 Å². The largest absolute Gasteiger partial charge is 0.326 e. The Bertz CT molecular complexity index is 1630. The number of piperazine rings is 1. The molecule has 0 radical (unpaired) electrons. The van der Waals surface area contributed by atoms with Crippen molar-refractivity contribution in [1.29, 1.82) is 0 Å². The van der Waals surface area contributed by atoms with Gasteiger partial charge in [0.15, 0.2) is 0 Å². The molecule has 1 aliphatic rings. The minimum atomic E-state index is -0.201. The third-order valence-corrected chi connectivity index (χ3v) is 7.80. The Morgan fingerprint density at radius 1 is 0.641 bits per heavy atom. The fourth-order valence-electron chi connectivity index (χ4n) is 5.75. The lowest BCUT2D eigenvalue weighted by molar-refractivity contribution is 0.125. The van der Waals surface area contributed by atoms with Crippen LogP contribution in [0.4, 0.5) is 4.39 Å². The SMILES string of the molecule is O=c1[nH]c2ccccc2n1CCCN1CCN(Cc2ccccc2-c2ccccc2-c2ccccc2F)CC1. The predicted molar refractivity (Wildman–Crippen MR) is 156 cm³/mol. The van der Waals surface area contributed by atoms with Crippen LogP contribution in [0.1, 0.15) is 12.0 Å². The van der Waals surface area contributed by atoms with Gasteiger partial charge in [0.1, 0.15) is 5.82 Å². The van der Waals surface area contributed by atoms with E-state index in [1.54, 1.807) is 6.07 Å². The third kappa shape index (κ3) is 5.44. The summed E-state index contributed by atoms with van der Waals surface area (Å²) in [5.74, 6) is -0.201. The van der Waals surface area contributed by atoms with E-state index in [1.165, 1.54) is 11.6 Å². The molecule has 4 aromatic carbocycles. The number of para-hydroxylation sites is 2. The number of aryl methyl sites for hydroxylation is 1. The van der Waals surface area contributed by atoms with Gasteiger partial charge in [0.2, 0.25) is 0 Å². The fraction of sp³-hybridized carbons (Fsp3) is 0.242. The van der Waals surface area contributed by atoms with Crippen LogP contribution < -0.4 is 5.69 Å². The first-order chi connectivity index (χ1) is 19.2. The normalized spacial score (nSPS) is 14.7. The zero-order valence-corrected chi connectivity index (χ0v) is 22.0. The number of benzene rings is 4. The van der Waals surface area contributed by atoms with Crippen LogP contribution in [0, 0.1) is 5.82 Å². The van der Waals surface area contributed by atoms with Gasteiger partial charge in [-0.2, -0.15) is 0 Å². The molecular weight excluding hydrogens is 487 g/mol. The molecule has 0 spiro atoms. The summed E-state index contributed by atoms with van der Waals surface area (Å²) >= 11 is 0. The van der Waals surface area contributed by atoms with E-state index in [0.717, 1.165) is 80.0 Å². The number of hydrogen-bond donors (Lipinski definition) is 1. The molecule has 5 nitrogen and oxygen atoms in total. The summed E-state index contributed by atoms with van der Waals surface area (Å²) < 4.78 is 16.6. The molecule has 0 bridgehead atoms. The maximum Gasteiger partial charge on any atom is 0.326 e. The first-order valence-electron chi connectivity index (χ1n) is 13.7. The number of aromatic amines is 1. The van der Waals surface area contributed by atoms with Crippen molar-refractivity contribution < 1.29 is 4.39 Å². The molecule has 1 N–H and O–H groups in total. The van der Waals surface area contributed by atoms with E-state index in [-0.39, 0.29) is 11.5 Å². The van der Waals surface area contributed by atoms with Crippen molar-refractivity contribution in [3.05, 3.63) is 119 Å². The maximum absolute atomic E-state index is 14.7. The minimum absolute atomic E-state index is 0.0312. The van der Waals surface area contributed by atoms with Crippen molar-refractivity contribution in [2.75, 3.05) is 32.7 Å². The van der Waals surface area contributed by atoms with Crippen molar-refractivity contribution in [2.45, 2.75) is 19.5 Å². The van der Waals surface area contributed by atoms with Crippen molar-refractivity contribution >= 4 is 11.0 Å². The van der Waals surface area contributed by atoms with E-state index in [4.69, 9.17) is 0 Å². The molecule has 1 fully saturated rings. The van der Waals surface area contributed by atoms with Gasteiger partial charge in [-0.15, -0.1) is 0 Å². The number of imidazole rings is 1.